The topological polar surface area (TPSA) is 19.7 Å². The highest BCUT2D eigenvalue weighted by molar-refractivity contribution is 7.80. The number of hydrogen-bond acceptors (Lipinski definition) is 1. The first-order valence-electron chi connectivity index (χ1n) is 6.80. The van der Waals surface area contributed by atoms with E-state index in [1.165, 1.54) is 5.56 Å². The van der Waals surface area contributed by atoms with Crippen LogP contribution in [0.3, 0.4) is 0 Å². The molecule has 0 radical (unpaired) electrons. The molecule has 1 aliphatic heterocycles. The first kappa shape index (κ1) is 14.6. The van der Waals surface area contributed by atoms with Crippen molar-refractivity contribution < 1.29 is 4.90 Å². The van der Waals surface area contributed by atoms with Crippen LogP contribution in [0.2, 0.25) is 5.02 Å². The molecule has 2 N–H and O–H groups in total. The summed E-state index contributed by atoms with van der Waals surface area (Å²) in [6.07, 6.45) is 0. The monoisotopic (exact) mass is 298 g/mol. The molecule has 0 unspecified atom stereocenters. The summed E-state index contributed by atoms with van der Waals surface area (Å²) >= 11 is 11.3. The fraction of sp³-hybridized carbons (Fsp3) is 0.500. The Balaban J connectivity index is 1.80. The zero-order valence-corrected chi connectivity index (χ0v) is 12.9. The molecular formula is C14H21ClN3S+. The number of benzene rings is 1. The predicted octanol–water partition coefficient (Wildman–Crippen LogP) is 0.935. The summed E-state index contributed by atoms with van der Waals surface area (Å²) in [4.78, 5) is 3.88. The van der Waals surface area contributed by atoms with Crippen LogP contribution >= 0.6 is 23.8 Å². The molecule has 19 heavy (non-hydrogen) atoms. The van der Waals surface area contributed by atoms with Crippen molar-refractivity contribution in [3.05, 3.63) is 34.9 Å². The Labute approximate surface area is 125 Å². The molecule has 2 rings (SSSR count). The van der Waals surface area contributed by atoms with Crippen molar-refractivity contribution in [1.82, 2.24) is 10.2 Å². The first-order chi connectivity index (χ1) is 9.19. The van der Waals surface area contributed by atoms with Crippen LogP contribution in [0.25, 0.3) is 0 Å². The van der Waals surface area contributed by atoms with Crippen LogP contribution in [-0.2, 0) is 6.54 Å². The molecule has 0 bridgehead atoms. The van der Waals surface area contributed by atoms with E-state index in [0.29, 0.717) is 0 Å². The van der Waals surface area contributed by atoms with Crippen molar-refractivity contribution in [3.63, 3.8) is 0 Å². The van der Waals surface area contributed by atoms with E-state index in [-0.39, 0.29) is 0 Å². The fourth-order valence-corrected chi connectivity index (χ4v) is 2.81. The Morgan fingerprint density at radius 1 is 1.32 bits per heavy atom. The molecule has 1 aromatic rings. The number of quaternary nitrogens is 1. The van der Waals surface area contributed by atoms with Gasteiger partial charge in [0.15, 0.2) is 5.11 Å². The lowest BCUT2D eigenvalue weighted by molar-refractivity contribution is -0.917. The molecule has 1 aromatic carbocycles. The maximum atomic E-state index is 5.90. The van der Waals surface area contributed by atoms with Gasteiger partial charge in [0.05, 0.1) is 26.2 Å². The first-order valence-corrected chi connectivity index (χ1v) is 7.58. The number of nitrogens with one attached hydrogen (secondary N) is 2. The molecule has 3 nitrogen and oxygen atoms in total. The third-order valence-corrected chi connectivity index (χ3v) is 4.11. The average Bonchev–Trinajstić information content (AvgIpc) is 2.42. The van der Waals surface area contributed by atoms with Crippen molar-refractivity contribution in [2.75, 3.05) is 32.7 Å². The van der Waals surface area contributed by atoms with E-state index in [1.54, 1.807) is 4.90 Å². The third-order valence-electron chi connectivity index (χ3n) is 3.45. The van der Waals surface area contributed by atoms with Crippen molar-refractivity contribution in [2.24, 2.45) is 0 Å². The predicted molar refractivity (Wildman–Crippen MR) is 83.7 cm³/mol. The van der Waals surface area contributed by atoms with Crippen molar-refractivity contribution >= 4 is 28.9 Å². The molecule has 1 aliphatic rings. The van der Waals surface area contributed by atoms with Gasteiger partial charge in [0.25, 0.3) is 0 Å². The third kappa shape index (κ3) is 4.34. The maximum Gasteiger partial charge on any atom is 0.169 e. The zero-order chi connectivity index (χ0) is 13.7. The highest BCUT2D eigenvalue weighted by atomic mass is 35.5. The van der Waals surface area contributed by atoms with Crippen LogP contribution in [0.15, 0.2) is 24.3 Å². The molecule has 1 heterocycles. The van der Waals surface area contributed by atoms with Gasteiger partial charge in [-0.1, -0.05) is 23.7 Å². The summed E-state index contributed by atoms with van der Waals surface area (Å²) in [6.45, 7) is 8.38. The average molecular weight is 299 g/mol. The Hall–Kier alpha value is -0.840. The molecular weight excluding hydrogens is 278 g/mol. The van der Waals surface area contributed by atoms with Gasteiger partial charge in [-0.05, 0) is 31.3 Å². The lowest BCUT2D eigenvalue weighted by atomic mass is 10.2. The van der Waals surface area contributed by atoms with Gasteiger partial charge in [0, 0.05) is 17.1 Å². The van der Waals surface area contributed by atoms with Crippen molar-refractivity contribution in [3.8, 4) is 0 Å². The normalized spacial score (nSPS) is 16.4. The molecule has 0 atom stereocenters. The van der Waals surface area contributed by atoms with Gasteiger partial charge in [-0.15, -0.1) is 0 Å². The van der Waals surface area contributed by atoms with Crippen LogP contribution in [-0.4, -0.2) is 42.7 Å². The SMILES string of the molecule is CCNC(=S)N1CC[NH+](Cc2ccc(Cl)cc2)CC1. The quantitative estimate of drug-likeness (QED) is 0.810. The number of nitrogens with zero attached hydrogens (tertiary/aromatic N) is 1. The van der Waals surface area contributed by atoms with Gasteiger partial charge >= 0.3 is 0 Å². The van der Waals surface area contributed by atoms with E-state index in [1.807, 2.05) is 12.1 Å². The highest BCUT2D eigenvalue weighted by Crippen LogP contribution is 2.08. The fourth-order valence-electron chi connectivity index (χ4n) is 2.36. The number of thiocarbonyl (C=S) groups is 1. The molecule has 104 valence electrons. The highest BCUT2D eigenvalue weighted by Gasteiger charge is 2.21. The number of piperazine rings is 1. The van der Waals surface area contributed by atoms with Crippen LogP contribution in [0.4, 0.5) is 0 Å². The van der Waals surface area contributed by atoms with E-state index < -0.39 is 0 Å². The van der Waals surface area contributed by atoms with Gasteiger partial charge in [0.1, 0.15) is 6.54 Å². The van der Waals surface area contributed by atoms with Crippen molar-refractivity contribution in [1.29, 1.82) is 0 Å². The summed E-state index contributed by atoms with van der Waals surface area (Å²) < 4.78 is 0. The van der Waals surface area contributed by atoms with E-state index in [0.717, 1.165) is 49.4 Å². The van der Waals surface area contributed by atoms with Gasteiger partial charge in [-0.25, -0.2) is 0 Å². The Morgan fingerprint density at radius 3 is 2.53 bits per heavy atom. The summed E-state index contributed by atoms with van der Waals surface area (Å²) in [5.41, 5.74) is 1.35. The Bertz CT molecular complexity index is 413. The number of halogens is 1. The molecule has 0 amide bonds. The second-order valence-electron chi connectivity index (χ2n) is 4.88. The molecule has 0 spiro atoms. The largest absolute Gasteiger partial charge is 0.363 e. The Morgan fingerprint density at radius 2 is 1.95 bits per heavy atom. The summed E-state index contributed by atoms with van der Waals surface area (Å²) in [5, 5.41) is 4.92. The maximum absolute atomic E-state index is 5.90. The summed E-state index contributed by atoms with van der Waals surface area (Å²) in [7, 11) is 0. The second-order valence-corrected chi connectivity index (χ2v) is 5.70. The van der Waals surface area contributed by atoms with E-state index in [4.69, 9.17) is 23.8 Å². The smallest absolute Gasteiger partial charge is 0.169 e. The van der Waals surface area contributed by atoms with Gasteiger partial charge in [-0.2, -0.15) is 0 Å². The van der Waals surface area contributed by atoms with E-state index >= 15 is 0 Å². The molecule has 0 saturated carbocycles. The lowest BCUT2D eigenvalue weighted by Crippen LogP contribution is -3.13. The van der Waals surface area contributed by atoms with Gasteiger partial charge in [0.2, 0.25) is 0 Å². The molecule has 1 fully saturated rings. The van der Waals surface area contributed by atoms with E-state index in [9.17, 15) is 0 Å². The molecule has 0 aliphatic carbocycles. The van der Waals surface area contributed by atoms with Crippen LogP contribution < -0.4 is 10.2 Å². The van der Waals surface area contributed by atoms with E-state index in [2.05, 4.69) is 29.3 Å². The molecule has 5 heteroatoms. The minimum Gasteiger partial charge on any atom is -0.363 e. The summed E-state index contributed by atoms with van der Waals surface area (Å²) in [6, 6.07) is 8.16. The minimum absolute atomic E-state index is 0.805. The van der Waals surface area contributed by atoms with Crippen molar-refractivity contribution in [2.45, 2.75) is 13.5 Å². The molecule has 0 aromatic heterocycles. The zero-order valence-electron chi connectivity index (χ0n) is 11.3. The standard InChI is InChI=1S/C14H20ClN3S/c1-2-16-14(19)18-9-7-17(8-10-18)11-12-3-5-13(15)6-4-12/h3-6H,2,7-11H2,1H3,(H,16,19)/p+1. The summed E-state index contributed by atoms with van der Waals surface area (Å²) in [5.74, 6) is 0. The van der Waals surface area contributed by atoms with Crippen LogP contribution in [0.1, 0.15) is 12.5 Å². The number of rotatable bonds is 3. The number of hydrogen-bond donors (Lipinski definition) is 2. The molecule has 1 saturated heterocycles. The van der Waals surface area contributed by atoms with Crippen LogP contribution in [0, 0.1) is 0 Å². The van der Waals surface area contributed by atoms with Crippen LogP contribution in [0.5, 0.6) is 0 Å². The van der Waals surface area contributed by atoms with Gasteiger partial charge in [-0.3, -0.25) is 0 Å². The lowest BCUT2D eigenvalue weighted by Gasteiger charge is -2.33. The second kappa shape index (κ2) is 7.08. The van der Waals surface area contributed by atoms with Gasteiger partial charge < -0.3 is 15.1 Å². The Kier molecular flexibility index (Phi) is 5.43. The minimum atomic E-state index is 0.805.